The van der Waals surface area contributed by atoms with Crippen molar-refractivity contribution in [2.45, 2.75) is 4.90 Å². The largest absolute Gasteiger partial charge is 0.588 e. The topological polar surface area (TPSA) is 60.0 Å². The second-order valence-electron chi connectivity index (χ2n) is 3.22. The maximum Gasteiger partial charge on any atom is 0.226 e. The summed E-state index contributed by atoms with van der Waals surface area (Å²) in [4.78, 5) is 3.91. The maximum absolute atomic E-state index is 13.7. The van der Waals surface area contributed by atoms with E-state index in [1.807, 2.05) is 0 Å². The molecule has 0 aliphatic carbocycles. The van der Waals surface area contributed by atoms with Crippen LogP contribution in [-0.4, -0.2) is 16.6 Å². The maximum atomic E-state index is 13.7. The molecule has 0 saturated heterocycles. The van der Waals surface area contributed by atoms with Gasteiger partial charge in [-0.05, 0) is 0 Å². The molecule has 8 heteroatoms. The molecule has 96 valence electrons. The zero-order chi connectivity index (χ0) is 13.1. The van der Waals surface area contributed by atoms with Crippen molar-refractivity contribution in [3.63, 3.8) is 0 Å². The number of anilines is 2. The first-order valence-corrected chi connectivity index (χ1v) is 7.27. The van der Waals surface area contributed by atoms with E-state index < -0.39 is 17.2 Å². The number of thiazole rings is 1. The Labute approximate surface area is 116 Å². The monoisotopic (exact) mass is 305 g/mol. The summed E-state index contributed by atoms with van der Waals surface area (Å²) in [6.07, 6.45) is 1.57. The van der Waals surface area contributed by atoms with Crippen LogP contribution in [0.25, 0.3) is 0 Å². The van der Waals surface area contributed by atoms with Crippen molar-refractivity contribution in [2.24, 2.45) is 0 Å². The molecule has 1 aromatic heterocycles. The summed E-state index contributed by atoms with van der Waals surface area (Å²) in [5.41, 5.74) is 0.448. The van der Waals surface area contributed by atoms with Crippen LogP contribution in [0.2, 0.25) is 5.02 Å². The molecule has 0 radical (unpaired) electrons. The highest BCUT2D eigenvalue weighted by molar-refractivity contribution is 7.93. The Morgan fingerprint density at radius 2 is 2.28 bits per heavy atom. The number of hydrogen-bond acceptors (Lipinski definition) is 5. The lowest BCUT2D eigenvalue weighted by molar-refractivity contribution is 0.570. The fourth-order valence-electron chi connectivity index (χ4n) is 1.27. The summed E-state index contributed by atoms with van der Waals surface area (Å²) in [6.45, 7) is 0. The smallest absolute Gasteiger partial charge is 0.226 e. The predicted octanol–water partition coefficient (Wildman–Crippen LogP) is 3.11. The van der Waals surface area contributed by atoms with Gasteiger partial charge in [0.2, 0.25) is 10.0 Å². The van der Waals surface area contributed by atoms with Crippen LogP contribution >= 0.6 is 22.9 Å². The number of benzene rings is 1. The van der Waals surface area contributed by atoms with Gasteiger partial charge in [0.05, 0.1) is 10.7 Å². The number of rotatable bonds is 4. The van der Waals surface area contributed by atoms with Crippen molar-refractivity contribution in [1.29, 1.82) is 0 Å². The van der Waals surface area contributed by atoms with Gasteiger partial charge in [-0.1, -0.05) is 11.6 Å². The first-order chi connectivity index (χ1) is 8.61. The van der Waals surface area contributed by atoms with Gasteiger partial charge >= 0.3 is 0 Å². The first kappa shape index (κ1) is 13.4. The van der Waals surface area contributed by atoms with Crippen molar-refractivity contribution in [2.75, 3.05) is 17.1 Å². The fourth-order valence-corrected chi connectivity index (χ4v) is 3.17. The van der Waals surface area contributed by atoms with E-state index in [9.17, 15) is 8.94 Å². The molecule has 1 heterocycles. The minimum absolute atomic E-state index is 0.00537. The van der Waals surface area contributed by atoms with Crippen molar-refractivity contribution >= 4 is 45.1 Å². The molecule has 1 aromatic carbocycles. The van der Waals surface area contributed by atoms with E-state index in [0.717, 1.165) is 0 Å². The quantitative estimate of drug-likeness (QED) is 0.852. The lowest BCUT2D eigenvalue weighted by Crippen LogP contribution is -2.14. The van der Waals surface area contributed by atoms with Crippen molar-refractivity contribution in [1.82, 2.24) is 4.98 Å². The third-order valence-corrected chi connectivity index (χ3v) is 4.32. The zero-order valence-corrected chi connectivity index (χ0v) is 11.6. The SMILES string of the molecule is CNc1cc(F)c([S+]([O-])Nc2nccs2)cc1Cl. The van der Waals surface area contributed by atoms with Crippen LogP contribution in [0.5, 0.6) is 0 Å². The highest BCUT2D eigenvalue weighted by atomic mass is 35.5. The normalized spacial score (nSPS) is 12.2. The average Bonchev–Trinajstić information content (AvgIpc) is 2.84. The first-order valence-electron chi connectivity index (χ1n) is 4.86. The molecule has 0 spiro atoms. The number of hydrogen-bond donors (Lipinski definition) is 2. The Kier molecular flexibility index (Phi) is 4.28. The van der Waals surface area contributed by atoms with Crippen LogP contribution in [-0.2, 0) is 11.4 Å². The van der Waals surface area contributed by atoms with Crippen LogP contribution in [0.3, 0.4) is 0 Å². The van der Waals surface area contributed by atoms with Crippen LogP contribution in [0, 0.1) is 5.82 Å². The average molecular weight is 306 g/mol. The third-order valence-electron chi connectivity index (χ3n) is 2.10. The molecule has 0 bridgehead atoms. The Hall–Kier alpha value is -1.02. The second kappa shape index (κ2) is 5.75. The summed E-state index contributed by atoms with van der Waals surface area (Å²) in [7, 11) is 1.63. The van der Waals surface area contributed by atoms with E-state index in [-0.39, 0.29) is 4.90 Å². The van der Waals surface area contributed by atoms with Crippen LogP contribution in [0.1, 0.15) is 0 Å². The van der Waals surface area contributed by atoms with Crippen LogP contribution in [0.4, 0.5) is 15.2 Å². The molecule has 0 aliphatic rings. The predicted molar refractivity (Wildman–Crippen MR) is 73.1 cm³/mol. The summed E-state index contributed by atoms with van der Waals surface area (Å²) in [5, 5.41) is 5.24. The van der Waals surface area contributed by atoms with E-state index in [1.54, 1.807) is 18.6 Å². The summed E-state index contributed by atoms with van der Waals surface area (Å²) < 4.78 is 28.3. The molecule has 4 nitrogen and oxygen atoms in total. The lowest BCUT2D eigenvalue weighted by Gasteiger charge is -2.11. The third kappa shape index (κ3) is 2.86. The molecular weight excluding hydrogens is 297 g/mol. The molecule has 2 rings (SSSR count). The molecule has 0 aliphatic heterocycles. The summed E-state index contributed by atoms with van der Waals surface area (Å²) in [6, 6.07) is 2.54. The van der Waals surface area contributed by atoms with Gasteiger partial charge in [0.1, 0.15) is 11.4 Å². The molecule has 2 N–H and O–H groups in total. The van der Waals surface area contributed by atoms with Crippen molar-refractivity contribution < 1.29 is 8.94 Å². The molecule has 0 amide bonds. The zero-order valence-electron chi connectivity index (χ0n) is 9.24. The van der Waals surface area contributed by atoms with Gasteiger partial charge in [-0.15, -0.1) is 11.3 Å². The van der Waals surface area contributed by atoms with Crippen molar-refractivity contribution in [3.8, 4) is 0 Å². The molecule has 18 heavy (non-hydrogen) atoms. The number of halogens is 2. The minimum Gasteiger partial charge on any atom is -0.588 e. The molecular formula is C10H9ClFN3OS2. The molecule has 0 fully saturated rings. The highest BCUT2D eigenvalue weighted by Crippen LogP contribution is 2.29. The van der Waals surface area contributed by atoms with E-state index in [0.29, 0.717) is 15.8 Å². The Morgan fingerprint density at radius 3 is 2.89 bits per heavy atom. The van der Waals surface area contributed by atoms with E-state index in [1.165, 1.54) is 23.5 Å². The van der Waals surface area contributed by atoms with E-state index in [4.69, 9.17) is 11.6 Å². The van der Waals surface area contributed by atoms with Gasteiger partial charge in [0.25, 0.3) is 0 Å². The number of nitrogens with one attached hydrogen (secondary N) is 2. The Bertz CT molecular complexity index is 538. The molecule has 1 atom stereocenters. The standard InChI is InChI=1S/C10H9ClFN3OS2/c1-13-8-5-7(12)9(4-6(8)11)18(16)15-10-14-2-3-17-10/h2-5,13H,1H3,(H,14,15). The summed E-state index contributed by atoms with van der Waals surface area (Å²) >= 11 is 5.47. The van der Waals surface area contributed by atoms with Gasteiger partial charge in [0.15, 0.2) is 5.82 Å². The van der Waals surface area contributed by atoms with Gasteiger partial charge in [-0.3, -0.25) is 0 Å². The van der Waals surface area contributed by atoms with Crippen LogP contribution < -0.4 is 10.0 Å². The van der Waals surface area contributed by atoms with Gasteiger partial charge in [0, 0.05) is 30.8 Å². The fraction of sp³-hybridized carbons (Fsp3) is 0.100. The Morgan fingerprint density at radius 1 is 1.50 bits per heavy atom. The summed E-state index contributed by atoms with van der Waals surface area (Å²) in [5.74, 6) is -0.592. The van der Waals surface area contributed by atoms with Gasteiger partial charge < -0.3 is 9.87 Å². The van der Waals surface area contributed by atoms with Gasteiger partial charge in [-0.2, -0.15) is 4.72 Å². The van der Waals surface area contributed by atoms with E-state index >= 15 is 0 Å². The lowest BCUT2D eigenvalue weighted by atomic mass is 10.3. The number of aromatic nitrogens is 1. The number of nitrogens with zero attached hydrogens (tertiary/aromatic N) is 1. The van der Waals surface area contributed by atoms with Gasteiger partial charge in [-0.25, -0.2) is 9.37 Å². The molecule has 2 aromatic rings. The second-order valence-corrected chi connectivity index (χ2v) is 5.70. The van der Waals surface area contributed by atoms with E-state index in [2.05, 4.69) is 15.0 Å². The highest BCUT2D eigenvalue weighted by Gasteiger charge is 2.21. The van der Waals surface area contributed by atoms with Crippen LogP contribution in [0.15, 0.2) is 28.6 Å². The Balaban J connectivity index is 2.25. The van der Waals surface area contributed by atoms with Crippen molar-refractivity contribution in [3.05, 3.63) is 34.5 Å². The minimum atomic E-state index is -1.73. The molecule has 0 saturated carbocycles. The molecule has 1 unspecified atom stereocenters.